The molecule has 1 heterocycles. The molecular formula is C16H24N2O. The first-order valence-corrected chi connectivity index (χ1v) is 6.94. The molecule has 0 aliphatic carbocycles. The number of amides is 1. The molecule has 0 saturated heterocycles. The summed E-state index contributed by atoms with van der Waals surface area (Å²) >= 11 is 0. The smallest absolute Gasteiger partial charge is 0.234 e. The number of hydrogen-bond acceptors (Lipinski definition) is 2. The maximum absolute atomic E-state index is 11.9. The van der Waals surface area contributed by atoms with Gasteiger partial charge in [-0.1, -0.05) is 12.1 Å². The Kier molecular flexibility index (Phi) is 3.43. The van der Waals surface area contributed by atoms with Crippen molar-refractivity contribution in [3.8, 4) is 0 Å². The number of anilines is 1. The number of rotatable bonds is 4. The second kappa shape index (κ2) is 4.64. The summed E-state index contributed by atoms with van der Waals surface area (Å²) in [6.07, 6.45) is 3.09. The predicted octanol–water partition coefficient (Wildman–Crippen LogP) is 2.98. The largest absolute Gasteiger partial charge is 0.326 e. The van der Waals surface area contributed by atoms with E-state index in [4.69, 9.17) is 5.73 Å². The van der Waals surface area contributed by atoms with Crippen LogP contribution in [0, 0.1) is 0 Å². The number of carbonyl (C=O) groups excluding carboxylic acids is 1. The van der Waals surface area contributed by atoms with Crippen LogP contribution in [0.3, 0.4) is 0 Å². The molecule has 0 radical (unpaired) electrons. The van der Waals surface area contributed by atoms with E-state index in [-0.39, 0.29) is 11.4 Å². The van der Waals surface area contributed by atoms with E-state index in [1.54, 1.807) is 0 Å². The van der Waals surface area contributed by atoms with Crippen molar-refractivity contribution in [3.63, 3.8) is 0 Å². The van der Waals surface area contributed by atoms with Gasteiger partial charge in [-0.05, 0) is 64.2 Å². The second-order valence-electron chi connectivity index (χ2n) is 6.80. The predicted molar refractivity (Wildman–Crippen MR) is 79.3 cm³/mol. The Balaban J connectivity index is 2.10. The highest BCUT2D eigenvalue weighted by Gasteiger charge is 2.38. The van der Waals surface area contributed by atoms with E-state index < -0.39 is 5.41 Å². The Morgan fingerprint density at radius 2 is 2.00 bits per heavy atom. The quantitative estimate of drug-likeness (QED) is 0.874. The molecule has 2 rings (SSSR count). The fraction of sp³-hybridized carbons (Fsp3) is 0.562. The highest BCUT2D eigenvalue weighted by Crippen LogP contribution is 2.37. The van der Waals surface area contributed by atoms with Crippen LogP contribution in [0.5, 0.6) is 0 Å². The minimum atomic E-state index is -0.418. The summed E-state index contributed by atoms with van der Waals surface area (Å²) < 4.78 is 0. The minimum Gasteiger partial charge on any atom is -0.326 e. The van der Waals surface area contributed by atoms with Gasteiger partial charge in [0, 0.05) is 11.2 Å². The Hall–Kier alpha value is -1.35. The summed E-state index contributed by atoms with van der Waals surface area (Å²) in [5, 5.41) is 2.94. The molecule has 1 aromatic carbocycles. The third-order valence-corrected chi connectivity index (χ3v) is 3.86. The maximum atomic E-state index is 11.9. The number of aryl methyl sites for hydroxylation is 1. The lowest BCUT2D eigenvalue weighted by Crippen LogP contribution is -2.31. The molecule has 1 amide bonds. The van der Waals surface area contributed by atoms with E-state index in [2.05, 4.69) is 31.3 Å². The van der Waals surface area contributed by atoms with E-state index in [1.807, 2.05) is 19.9 Å². The Morgan fingerprint density at radius 3 is 2.63 bits per heavy atom. The van der Waals surface area contributed by atoms with Crippen molar-refractivity contribution in [1.29, 1.82) is 0 Å². The summed E-state index contributed by atoms with van der Waals surface area (Å²) in [6.45, 7) is 8.06. The van der Waals surface area contributed by atoms with Crippen LogP contribution in [-0.4, -0.2) is 11.4 Å². The van der Waals surface area contributed by atoms with Crippen molar-refractivity contribution in [3.05, 3.63) is 29.3 Å². The Bertz CT molecular complexity index is 498. The molecule has 1 aromatic rings. The van der Waals surface area contributed by atoms with E-state index in [0.717, 1.165) is 30.5 Å². The van der Waals surface area contributed by atoms with Crippen molar-refractivity contribution in [2.45, 2.75) is 57.9 Å². The van der Waals surface area contributed by atoms with Crippen LogP contribution in [0.15, 0.2) is 18.2 Å². The van der Waals surface area contributed by atoms with Crippen molar-refractivity contribution in [1.82, 2.24) is 0 Å². The number of benzene rings is 1. The average molecular weight is 260 g/mol. The van der Waals surface area contributed by atoms with Gasteiger partial charge in [-0.2, -0.15) is 0 Å². The van der Waals surface area contributed by atoms with Gasteiger partial charge in [0.05, 0.1) is 5.41 Å². The molecule has 0 atom stereocenters. The van der Waals surface area contributed by atoms with Gasteiger partial charge in [-0.15, -0.1) is 0 Å². The van der Waals surface area contributed by atoms with Crippen molar-refractivity contribution >= 4 is 11.6 Å². The molecule has 0 bridgehead atoms. The first-order chi connectivity index (χ1) is 8.70. The van der Waals surface area contributed by atoms with Gasteiger partial charge in [-0.25, -0.2) is 0 Å². The lowest BCUT2D eigenvalue weighted by molar-refractivity contribution is -0.119. The summed E-state index contributed by atoms with van der Waals surface area (Å²) in [6, 6.07) is 6.28. The van der Waals surface area contributed by atoms with Crippen LogP contribution in [0.1, 0.15) is 51.7 Å². The molecule has 0 saturated carbocycles. The molecule has 19 heavy (non-hydrogen) atoms. The molecule has 3 N–H and O–H groups in total. The summed E-state index contributed by atoms with van der Waals surface area (Å²) in [4.78, 5) is 11.9. The van der Waals surface area contributed by atoms with Crippen molar-refractivity contribution in [2.75, 3.05) is 5.32 Å². The normalized spacial score (nSPS) is 17.2. The maximum Gasteiger partial charge on any atom is 0.234 e. The third-order valence-electron chi connectivity index (χ3n) is 3.86. The van der Waals surface area contributed by atoms with Gasteiger partial charge in [0.1, 0.15) is 0 Å². The van der Waals surface area contributed by atoms with Crippen LogP contribution < -0.4 is 11.1 Å². The van der Waals surface area contributed by atoms with E-state index in [0.29, 0.717) is 0 Å². The number of fused-ring (bicyclic) bond motifs is 1. The lowest BCUT2D eigenvalue weighted by atomic mass is 9.85. The molecule has 1 aliphatic rings. The molecule has 3 heteroatoms. The highest BCUT2D eigenvalue weighted by atomic mass is 16.2. The first-order valence-electron chi connectivity index (χ1n) is 6.94. The van der Waals surface area contributed by atoms with Gasteiger partial charge in [0.2, 0.25) is 5.91 Å². The van der Waals surface area contributed by atoms with Crippen LogP contribution in [-0.2, 0) is 16.6 Å². The van der Waals surface area contributed by atoms with Gasteiger partial charge >= 0.3 is 0 Å². The molecule has 3 nitrogen and oxygen atoms in total. The molecule has 0 aromatic heterocycles. The highest BCUT2D eigenvalue weighted by molar-refractivity contribution is 6.05. The van der Waals surface area contributed by atoms with Gasteiger partial charge < -0.3 is 11.1 Å². The standard InChI is InChI=1S/C16H24N2O/c1-15(2,17)9-5-6-11-7-8-13-12(10-11)16(3,4)14(19)18-13/h7-8,10H,5-6,9,17H2,1-4H3,(H,18,19). The average Bonchev–Trinajstić information content (AvgIpc) is 2.49. The molecule has 104 valence electrons. The van der Waals surface area contributed by atoms with Gasteiger partial charge in [-0.3, -0.25) is 4.79 Å². The zero-order chi connectivity index (χ0) is 14.3. The van der Waals surface area contributed by atoms with E-state index in [9.17, 15) is 4.79 Å². The van der Waals surface area contributed by atoms with E-state index >= 15 is 0 Å². The zero-order valence-corrected chi connectivity index (χ0v) is 12.3. The number of nitrogens with one attached hydrogen (secondary N) is 1. The van der Waals surface area contributed by atoms with Crippen LogP contribution >= 0.6 is 0 Å². The zero-order valence-electron chi connectivity index (χ0n) is 12.3. The fourth-order valence-corrected chi connectivity index (χ4v) is 2.52. The first kappa shape index (κ1) is 14.1. The van der Waals surface area contributed by atoms with Crippen molar-refractivity contribution < 1.29 is 4.79 Å². The second-order valence-corrected chi connectivity index (χ2v) is 6.80. The monoisotopic (exact) mass is 260 g/mol. The summed E-state index contributed by atoms with van der Waals surface area (Å²) in [7, 11) is 0. The molecule has 0 fully saturated rings. The van der Waals surface area contributed by atoms with Crippen LogP contribution in [0.4, 0.5) is 5.69 Å². The third kappa shape index (κ3) is 2.98. The van der Waals surface area contributed by atoms with Gasteiger partial charge in [0.25, 0.3) is 0 Å². The molecular weight excluding hydrogens is 236 g/mol. The van der Waals surface area contributed by atoms with Gasteiger partial charge in [0.15, 0.2) is 0 Å². The Labute approximate surface area is 115 Å². The molecule has 0 unspecified atom stereocenters. The number of carbonyl (C=O) groups is 1. The summed E-state index contributed by atoms with van der Waals surface area (Å²) in [5.74, 6) is 0.0859. The number of hydrogen-bond donors (Lipinski definition) is 2. The lowest BCUT2D eigenvalue weighted by Gasteiger charge is -2.18. The van der Waals surface area contributed by atoms with E-state index in [1.165, 1.54) is 5.56 Å². The minimum absolute atomic E-state index is 0.0859. The SMILES string of the molecule is CC(C)(N)CCCc1ccc2c(c1)C(C)(C)C(=O)N2. The Morgan fingerprint density at radius 1 is 1.32 bits per heavy atom. The fourth-order valence-electron chi connectivity index (χ4n) is 2.52. The number of nitrogens with two attached hydrogens (primary N) is 1. The van der Waals surface area contributed by atoms with Crippen LogP contribution in [0.2, 0.25) is 0 Å². The summed E-state index contributed by atoms with van der Waals surface area (Å²) in [5.41, 5.74) is 8.83. The molecule has 1 aliphatic heterocycles. The van der Waals surface area contributed by atoms with Crippen LogP contribution in [0.25, 0.3) is 0 Å². The van der Waals surface area contributed by atoms with Crippen molar-refractivity contribution in [2.24, 2.45) is 5.73 Å². The topological polar surface area (TPSA) is 55.1 Å². The molecule has 0 spiro atoms.